The molecule has 2 aromatic carbocycles. The zero-order chi connectivity index (χ0) is 13.0. The van der Waals surface area contributed by atoms with Crippen LogP contribution in [0.25, 0.3) is 0 Å². The monoisotopic (exact) mass is 262 g/mol. The normalized spacial score (nSPS) is 12.4. The lowest BCUT2D eigenvalue weighted by Gasteiger charge is -2.12. The summed E-state index contributed by atoms with van der Waals surface area (Å²) in [7, 11) is 1.66. The van der Waals surface area contributed by atoms with E-state index in [1.807, 2.05) is 36.4 Å². The van der Waals surface area contributed by atoms with Crippen LogP contribution < -0.4 is 0 Å². The van der Waals surface area contributed by atoms with Crippen molar-refractivity contribution < 1.29 is 9.84 Å². The average molecular weight is 263 g/mol. The topological polar surface area (TPSA) is 29.5 Å². The maximum atomic E-state index is 10.2. The van der Waals surface area contributed by atoms with Gasteiger partial charge in [0.15, 0.2) is 0 Å². The van der Waals surface area contributed by atoms with Crippen molar-refractivity contribution in [2.45, 2.75) is 12.7 Å². The predicted octanol–water partition coefficient (Wildman–Crippen LogP) is 3.57. The van der Waals surface area contributed by atoms with Gasteiger partial charge in [0, 0.05) is 12.1 Å². The van der Waals surface area contributed by atoms with Crippen LogP contribution in [0.4, 0.5) is 0 Å². The molecule has 0 fully saturated rings. The highest BCUT2D eigenvalue weighted by Gasteiger charge is 2.10. The van der Waals surface area contributed by atoms with Crippen molar-refractivity contribution in [2.75, 3.05) is 7.11 Å². The Balaban J connectivity index is 2.20. The lowest BCUT2D eigenvalue weighted by atomic mass is 10.0. The van der Waals surface area contributed by atoms with Crippen LogP contribution in [-0.2, 0) is 11.3 Å². The Kier molecular flexibility index (Phi) is 4.37. The molecule has 0 radical (unpaired) electrons. The van der Waals surface area contributed by atoms with E-state index in [9.17, 15) is 5.11 Å². The van der Waals surface area contributed by atoms with Crippen molar-refractivity contribution in [2.24, 2.45) is 0 Å². The zero-order valence-corrected chi connectivity index (χ0v) is 10.9. The molecule has 0 aromatic heterocycles. The van der Waals surface area contributed by atoms with Gasteiger partial charge in [0.2, 0.25) is 0 Å². The molecule has 0 heterocycles. The largest absolute Gasteiger partial charge is 0.384 e. The summed E-state index contributed by atoms with van der Waals surface area (Å²) in [5, 5.41) is 10.9. The van der Waals surface area contributed by atoms with Crippen molar-refractivity contribution in [3.8, 4) is 0 Å². The number of aliphatic hydroxyl groups is 1. The van der Waals surface area contributed by atoms with Gasteiger partial charge in [-0.3, -0.25) is 0 Å². The molecule has 2 aromatic rings. The summed E-state index contributed by atoms with van der Waals surface area (Å²) in [5.74, 6) is 0. The smallest absolute Gasteiger partial charge is 0.104 e. The molecule has 0 saturated carbocycles. The summed E-state index contributed by atoms with van der Waals surface area (Å²) < 4.78 is 5.05. The summed E-state index contributed by atoms with van der Waals surface area (Å²) in [5.41, 5.74) is 2.72. The minimum atomic E-state index is -0.653. The summed E-state index contributed by atoms with van der Waals surface area (Å²) in [6.07, 6.45) is -0.653. The van der Waals surface area contributed by atoms with Gasteiger partial charge in [0.25, 0.3) is 0 Å². The van der Waals surface area contributed by atoms with E-state index >= 15 is 0 Å². The lowest BCUT2D eigenvalue weighted by molar-refractivity contribution is 0.184. The molecule has 1 unspecified atom stereocenters. The average Bonchev–Trinajstić information content (AvgIpc) is 2.39. The highest BCUT2D eigenvalue weighted by atomic mass is 35.5. The first-order chi connectivity index (χ1) is 8.70. The van der Waals surface area contributed by atoms with Gasteiger partial charge < -0.3 is 9.84 Å². The van der Waals surface area contributed by atoms with Crippen molar-refractivity contribution >= 4 is 11.6 Å². The highest BCUT2D eigenvalue weighted by Crippen LogP contribution is 2.24. The van der Waals surface area contributed by atoms with Crippen molar-refractivity contribution in [1.82, 2.24) is 0 Å². The van der Waals surface area contributed by atoms with E-state index in [1.165, 1.54) is 0 Å². The number of halogens is 1. The van der Waals surface area contributed by atoms with Crippen LogP contribution in [0.15, 0.2) is 48.5 Å². The van der Waals surface area contributed by atoms with Gasteiger partial charge in [0.05, 0.1) is 6.61 Å². The number of rotatable bonds is 4. The van der Waals surface area contributed by atoms with Crippen LogP contribution in [0.5, 0.6) is 0 Å². The second-order valence-electron chi connectivity index (χ2n) is 4.13. The first-order valence-corrected chi connectivity index (χ1v) is 6.10. The first-order valence-electron chi connectivity index (χ1n) is 5.72. The van der Waals surface area contributed by atoms with Crippen molar-refractivity contribution in [1.29, 1.82) is 0 Å². The summed E-state index contributed by atoms with van der Waals surface area (Å²) in [4.78, 5) is 0. The molecule has 0 amide bonds. The third kappa shape index (κ3) is 3.10. The third-order valence-corrected chi connectivity index (χ3v) is 3.01. The van der Waals surface area contributed by atoms with Crippen LogP contribution in [-0.4, -0.2) is 12.2 Å². The van der Waals surface area contributed by atoms with Gasteiger partial charge in [0.1, 0.15) is 6.10 Å². The number of ether oxygens (including phenoxy) is 1. The van der Waals surface area contributed by atoms with Crippen molar-refractivity contribution in [3.05, 3.63) is 70.2 Å². The number of methoxy groups -OCH3 is 1. The minimum Gasteiger partial charge on any atom is -0.384 e. The van der Waals surface area contributed by atoms with E-state index in [0.29, 0.717) is 11.6 Å². The molecule has 94 valence electrons. The quantitative estimate of drug-likeness (QED) is 0.913. The van der Waals surface area contributed by atoms with Gasteiger partial charge in [-0.2, -0.15) is 0 Å². The van der Waals surface area contributed by atoms with E-state index in [1.54, 1.807) is 19.2 Å². The van der Waals surface area contributed by atoms with E-state index < -0.39 is 6.10 Å². The molecule has 1 N–H and O–H groups in total. The molecule has 2 nitrogen and oxygen atoms in total. The summed E-state index contributed by atoms with van der Waals surface area (Å²) >= 11 is 5.92. The minimum absolute atomic E-state index is 0.577. The Bertz CT molecular complexity index is 508. The van der Waals surface area contributed by atoms with E-state index in [2.05, 4.69) is 0 Å². The highest BCUT2D eigenvalue weighted by molar-refractivity contribution is 6.30. The fourth-order valence-corrected chi connectivity index (χ4v) is 2.03. The fraction of sp³-hybridized carbons (Fsp3) is 0.200. The third-order valence-electron chi connectivity index (χ3n) is 2.77. The van der Waals surface area contributed by atoms with Crippen LogP contribution in [0.3, 0.4) is 0 Å². The second-order valence-corrected chi connectivity index (χ2v) is 4.57. The Hall–Kier alpha value is -1.35. The van der Waals surface area contributed by atoms with Gasteiger partial charge in [-0.05, 0) is 28.8 Å². The molecule has 3 heteroatoms. The van der Waals surface area contributed by atoms with E-state index in [-0.39, 0.29) is 0 Å². The van der Waals surface area contributed by atoms with Crippen LogP contribution in [0.2, 0.25) is 5.02 Å². The van der Waals surface area contributed by atoms with Crippen LogP contribution in [0, 0.1) is 0 Å². The number of hydrogen-bond acceptors (Lipinski definition) is 2. The molecule has 0 aliphatic rings. The number of benzene rings is 2. The molecule has 18 heavy (non-hydrogen) atoms. The van der Waals surface area contributed by atoms with Gasteiger partial charge in [-0.25, -0.2) is 0 Å². The van der Waals surface area contributed by atoms with Crippen LogP contribution >= 0.6 is 11.6 Å². The van der Waals surface area contributed by atoms with E-state index in [0.717, 1.165) is 16.7 Å². The SMILES string of the molecule is COCc1ccc(C(O)c2cccc(Cl)c2)cc1. The van der Waals surface area contributed by atoms with E-state index in [4.69, 9.17) is 16.3 Å². The van der Waals surface area contributed by atoms with Gasteiger partial charge in [-0.15, -0.1) is 0 Å². The molecular formula is C15H15ClO2. The standard InChI is InChI=1S/C15H15ClO2/c1-18-10-11-5-7-12(8-6-11)15(17)13-3-2-4-14(16)9-13/h2-9,15,17H,10H2,1H3. The molecule has 0 bridgehead atoms. The Morgan fingerprint density at radius 1 is 1.11 bits per heavy atom. The van der Waals surface area contributed by atoms with Gasteiger partial charge in [-0.1, -0.05) is 48.0 Å². The Labute approximate surface area is 112 Å². The molecule has 0 aliphatic carbocycles. The molecule has 0 aliphatic heterocycles. The molecule has 1 atom stereocenters. The molecule has 2 rings (SSSR count). The second kappa shape index (κ2) is 6.01. The first kappa shape index (κ1) is 13.1. The maximum Gasteiger partial charge on any atom is 0.104 e. The molecule has 0 saturated heterocycles. The molecular weight excluding hydrogens is 248 g/mol. The van der Waals surface area contributed by atoms with Crippen molar-refractivity contribution in [3.63, 3.8) is 0 Å². The zero-order valence-electron chi connectivity index (χ0n) is 10.1. The predicted molar refractivity (Wildman–Crippen MR) is 72.7 cm³/mol. The maximum absolute atomic E-state index is 10.2. The summed E-state index contributed by atoms with van der Waals surface area (Å²) in [6, 6.07) is 15.0. The Morgan fingerprint density at radius 3 is 2.44 bits per heavy atom. The number of aliphatic hydroxyl groups excluding tert-OH is 1. The van der Waals surface area contributed by atoms with Crippen LogP contribution in [0.1, 0.15) is 22.8 Å². The summed E-state index contributed by atoms with van der Waals surface area (Å²) in [6.45, 7) is 0.577. The number of hydrogen-bond donors (Lipinski definition) is 1. The fourth-order valence-electron chi connectivity index (χ4n) is 1.83. The molecule has 0 spiro atoms. The Morgan fingerprint density at radius 2 is 1.83 bits per heavy atom. The van der Waals surface area contributed by atoms with Gasteiger partial charge >= 0.3 is 0 Å². The lowest BCUT2D eigenvalue weighted by Crippen LogP contribution is -1.99.